The Balaban J connectivity index is 1.50. The lowest BCUT2D eigenvalue weighted by molar-refractivity contribution is 0.120. The number of carbonyl (C=O) groups is 1. The Morgan fingerprint density at radius 3 is 2.44 bits per heavy atom. The Bertz CT molecular complexity index is 1130. The van der Waals surface area contributed by atoms with Gasteiger partial charge in [0.1, 0.15) is 5.82 Å². The van der Waals surface area contributed by atoms with Crippen LogP contribution in [0.5, 0.6) is 0 Å². The van der Waals surface area contributed by atoms with Gasteiger partial charge in [0.25, 0.3) is 0 Å². The van der Waals surface area contributed by atoms with Crippen LogP contribution in [0.2, 0.25) is 0 Å². The molecule has 2 heterocycles. The average molecular weight is 458 g/mol. The standard InChI is InChI=1S/C24H28FN3O3S/c1-32(30,31)26-22-20(28(16-24(22)11-12-24)23(29)27-13-6-14-27)15-18-9-5-10-19(21(18)25)17-7-3-2-4-8-17/h2-5,7-10,20,22,26H,6,11-16H2,1H3. The van der Waals surface area contributed by atoms with Crippen molar-refractivity contribution in [3.05, 3.63) is 59.9 Å². The molecule has 3 fully saturated rings. The molecule has 2 unspecified atom stereocenters. The summed E-state index contributed by atoms with van der Waals surface area (Å²) in [6, 6.07) is 13.8. The first-order valence-corrected chi connectivity index (χ1v) is 13.0. The number of halogens is 1. The molecule has 0 bridgehead atoms. The molecule has 170 valence electrons. The van der Waals surface area contributed by atoms with Crippen molar-refractivity contribution in [3.63, 3.8) is 0 Å². The van der Waals surface area contributed by atoms with Crippen LogP contribution in [0.3, 0.4) is 0 Å². The number of nitrogens with one attached hydrogen (secondary N) is 1. The number of rotatable bonds is 5. The molecule has 0 radical (unpaired) electrons. The highest BCUT2D eigenvalue weighted by atomic mass is 32.2. The van der Waals surface area contributed by atoms with Crippen LogP contribution in [0.4, 0.5) is 9.18 Å². The fourth-order valence-electron chi connectivity index (χ4n) is 5.14. The summed E-state index contributed by atoms with van der Waals surface area (Å²) >= 11 is 0. The first kappa shape index (κ1) is 21.4. The second-order valence-corrected chi connectivity index (χ2v) is 11.2. The first-order valence-electron chi connectivity index (χ1n) is 11.1. The first-order chi connectivity index (χ1) is 15.3. The van der Waals surface area contributed by atoms with Crippen molar-refractivity contribution < 1.29 is 17.6 Å². The van der Waals surface area contributed by atoms with Crippen LogP contribution in [0.15, 0.2) is 48.5 Å². The van der Waals surface area contributed by atoms with Crippen LogP contribution in [0.25, 0.3) is 11.1 Å². The number of hydrogen-bond donors (Lipinski definition) is 1. The van der Waals surface area contributed by atoms with E-state index in [0.29, 0.717) is 17.7 Å². The highest BCUT2D eigenvalue weighted by Gasteiger charge is 2.61. The minimum atomic E-state index is -3.48. The molecule has 2 aromatic rings. The molecule has 6 nitrogen and oxygen atoms in total. The van der Waals surface area contributed by atoms with E-state index in [1.54, 1.807) is 21.9 Å². The van der Waals surface area contributed by atoms with Crippen molar-refractivity contribution in [2.75, 3.05) is 25.9 Å². The minimum Gasteiger partial charge on any atom is -0.325 e. The molecule has 2 saturated heterocycles. The monoisotopic (exact) mass is 457 g/mol. The maximum atomic E-state index is 15.6. The van der Waals surface area contributed by atoms with E-state index in [9.17, 15) is 13.2 Å². The van der Waals surface area contributed by atoms with Gasteiger partial charge >= 0.3 is 6.03 Å². The molecule has 2 aromatic carbocycles. The maximum absolute atomic E-state index is 15.6. The van der Waals surface area contributed by atoms with Crippen molar-refractivity contribution in [2.24, 2.45) is 5.41 Å². The van der Waals surface area contributed by atoms with Crippen molar-refractivity contribution in [1.29, 1.82) is 0 Å². The molecule has 1 aliphatic carbocycles. The molecule has 2 amide bonds. The largest absolute Gasteiger partial charge is 0.325 e. The Hall–Kier alpha value is -2.45. The molecule has 3 aliphatic rings. The SMILES string of the molecule is CS(=O)(=O)NC1C(Cc2cccc(-c3ccccc3)c2F)N(C(=O)N2CCC2)CC12CC2. The van der Waals surface area contributed by atoms with E-state index in [1.807, 2.05) is 36.4 Å². The van der Waals surface area contributed by atoms with Gasteiger partial charge in [-0.25, -0.2) is 22.3 Å². The molecule has 32 heavy (non-hydrogen) atoms. The quantitative estimate of drug-likeness (QED) is 0.750. The lowest BCUT2D eigenvalue weighted by atomic mass is 9.91. The van der Waals surface area contributed by atoms with E-state index in [0.717, 1.165) is 44.2 Å². The summed E-state index contributed by atoms with van der Waals surface area (Å²) in [5, 5.41) is 0. The van der Waals surface area contributed by atoms with Crippen molar-refractivity contribution in [2.45, 2.75) is 37.8 Å². The molecule has 1 saturated carbocycles. The van der Waals surface area contributed by atoms with E-state index in [-0.39, 0.29) is 23.7 Å². The van der Waals surface area contributed by atoms with Gasteiger partial charge in [-0.05, 0) is 36.8 Å². The third kappa shape index (κ3) is 3.90. The van der Waals surface area contributed by atoms with Crippen molar-refractivity contribution >= 4 is 16.1 Å². The number of hydrogen-bond acceptors (Lipinski definition) is 3. The third-order valence-corrected chi connectivity index (χ3v) is 7.81. The molecule has 2 aliphatic heterocycles. The lowest BCUT2D eigenvalue weighted by Gasteiger charge is -2.37. The summed E-state index contributed by atoms with van der Waals surface area (Å²) in [5.74, 6) is -0.315. The third-order valence-electron chi connectivity index (χ3n) is 7.13. The zero-order chi connectivity index (χ0) is 22.5. The van der Waals surface area contributed by atoms with Gasteiger partial charge in [-0.1, -0.05) is 48.5 Å². The van der Waals surface area contributed by atoms with Crippen LogP contribution in [0.1, 0.15) is 24.8 Å². The second-order valence-electron chi connectivity index (χ2n) is 9.40. The molecular formula is C24H28FN3O3S. The van der Waals surface area contributed by atoms with Gasteiger partial charge in [-0.15, -0.1) is 0 Å². The van der Waals surface area contributed by atoms with Gasteiger partial charge in [0.05, 0.1) is 12.3 Å². The van der Waals surface area contributed by atoms with Crippen LogP contribution >= 0.6 is 0 Å². The van der Waals surface area contributed by atoms with Gasteiger partial charge in [-0.3, -0.25) is 0 Å². The maximum Gasteiger partial charge on any atom is 0.320 e. The van der Waals surface area contributed by atoms with E-state index in [2.05, 4.69) is 4.72 Å². The Morgan fingerprint density at radius 1 is 1.12 bits per heavy atom. The zero-order valence-electron chi connectivity index (χ0n) is 18.1. The van der Waals surface area contributed by atoms with Crippen molar-refractivity contribution in [3.8, 4) is 11.1 Å². The van der Waals surface area contributed by atoms with E-state index in [4.69, 9.17) is 0 Å². The Labute approximate surface area is 188 Å². The van der Waals surface area contributed by atoms with Crippen LogP contribution < -0.4 is 4.72 Å². The van der Waals surface area contributed by atoms with Crippen molar-refractivity contribution in [1.82, 2.24) is 14.5 Å². The van der Waals surface area contributed by atoms with E-state index in [1.165, 1.54) is 0 Å². The number of benzene rings is 2. The number of urea groups is 1. The van der Waals surface area contributed by atoms with Crippen LogP contribution in [-0.2, 0) is 16.4 Å². The van der Waals surface area contributed by atoms with Crippen LogP contribution in [0, 0.1) is 11.2 Å². The highest BCUT2D eigenvalue weighted by molar-refractivity contribution is 7.88. The summed E-state index contributed by atoms with van der Waals surface area (Å²) in [4.78, 5) is 16.8. The molecule has 1 N–H and O–H groups in total. The number of likely N-dealkylation sites (tertiary alicyclic amines) is 2. The molecule has 2 atom stereocenters. The van der Waals surface area contributed by atoms with E-state index < -0.39 is 22.1 Å². The van der Waals surface area contributed by atoms with Gasteiger partial charge in [0.2, 0.25) is 10.0 Å². The van der Waals surface area contributed by atoms with Gasteiger partial charge in [-0.2, -0.15) is 0 Å². The summed E-state index contributed by atoms with van der Waals surface area (Å²) < 4.78 is 42.8. The summed E-state index contributed by atoms with van der Waals surface area (Å²) in [7, 11) is -3.48. The summed E-state index contributed by atoms with van der Waals surface area (Å²) in [5.41, 5.74) is 1.55. The minimum absolute atomic E-state index is 0.0649. The Kier molecular flexibility index (Phi) is 5.25. The highest BCUT2D eigenvalue weighted by Crippen LogP contribution is 2.55. The summed E-state index contributed by atoms with van der Waals surface area (Å²) in [6.45, 7) is 1.95. The fourth-order valence-corrected chi connectivity index (χ4v) is 6.01. The molecule has 0 aromatic heterocycles. The zero-order valence-corrected chi connectivity index (χ0v) is 18.9. The molecule has 5 rings (SSSR count). The average Bonchev–Trinajstić information content (AvgIpc) is 3.43. The Morgan fingerprint density at radius 2 is 1.84 bits per heavy atom. The topological polar surface area (TPSA) is 69.7 Å². The number of sulfonamides is 1. The normalized spacial score (nSPS) is 23.9. The van der Waals surface area contributed by atoms with Crippen LogP contribution in [-0.4, -0.2) is 62.2 Å². The second kappa shape index (κ2) is 7.85. The summed E-state index contributed by atoms with van der Waals surface area (Å²) in [6.07, 6.45) is 4.13. The number of carbonyl (C=O) groups excluding carboxylic acids is 1. The number of nitrogens with zero attached hydrogens (tertiary/aromatic N) is 2. The predicted octanol–water partition coefficient (Wildman–Crippen LogP) is 3.24. The van der Waals surface area contributed by atoms with Gasteiger partial charge in [0.15, 0.2) is 0 Å². The predicted molar refractivity (Wildman–Crippen MR) is 121 cm³/mol. The van der Waals surface area contributed by atoms with Gasteiger partial charge in [0, 0.05) is 36.7 Å². The molecule has 8 heteroatoms. The molecule has 1 spiro atoms. The lowest BCUT2D eigenvalue weighted by Crippen LogP contribution is -2.54. The fraction of sp³-hybridized carbons (Fsp3) is 0.458. The smallest absolute Gasteiger partial charge is 0.320 e. The number of amides is 2. The van der Waals surface area contributed by atoms with E-state index >= 15 is 4.39 Å². The van der Waals surface area contributed by atoms with Gasteiger partial charge < -0.3 is 9.80 Å². The molecular weight excluding hydrogens is 429 g/mol.